The Labute approximate surface area is 193 Å². The van der Waals surface area contributed by atoms with Crippen molar-refractivity contribution in [2.24, 2.45) is 16.3 Å². The number of hydrogen-bond acceptors (Lipinski definition) is 3. The molecule has 0 radical (unpaired) electrons. The molecule has 2 rings (SSSR count). The monoisotopic (exact) mass is 515 g/mol. The van der Waals surface area contributed by atoms with Crippen molar-refractivity contribution >= 4 is 41.5 Å². The number of guanidine groups is 1. The lowest BCUT2D eigenvalue weighted by Gasteiger charge is -2.43. The molecular weight excluding hydrogens is 477 g/mol. The smallest absolute Gasteiger partial charge is 0.238 e. The first-order valence-corrected chi connectivity index (χ1v) is 10.3. The second kappa shape index (κ2) is 12.4. The zero-order valence-corrected chi connectivity index (χ0v) is 20.9. The summed E-state index contributed by atoms with van der Waals surface area (Å²) in [6.07, 6.45) is 5.23. The number of nitrogens with one attached hydrogen (secondary N) is 3. The number of hydrogen-bond donors (Lipinski definition) is 3. The largest absolute Gasteiger partial charge is 0.356 e. The van der Waals surface area contributed by atoms with Crippen LogP contribution in [0.4, 0.5) is 5.69 Å². The average Bonchev–Trinajstić information content (AvgIpc) is 2.58. The average molecular weight is 515 g/mol. The molecule has 7 heteroatoms. The molecule has 0 bridgehead atoms. The van der Waals surface area contributed by atoms with Crippen LogP contribution in [0.2, 0.25) is 0 Å². The number of nitrogens with zero attached hydrogens (tertiary/aromatic N) is 2. The van der Waals surface area contributed by atoms with Gasteiger partial charge in [0.05, 0.1) is 6.54 Å². The lowest BCUT2D eigenvalue weighted by Crippen LogP contribution is -2.46. The standard InChI is InChI=1S/C22H37N5O.HI/c1-17(2)13-22(10-7-11-22)16-25-21(23-3)24-14-18-8-6-9-19(12-18)26-20(28)15-27(4)5;/h6,8-9,12,17H,7,10-11,13-16H2,1-5H3,(H,26,28)(H2,23,24,25);1H. The summed E-state index contributed by atoms with van der Waals surface area (Å²) < 4.78 is 0. The third-order valence-electron chi connectivity index (χ3n) is 5.24. The van der Waals surface area contributed by atoms with Gasteiger partial charge in [-0.25, -0.2) is 0 Å². The number of likely N-dealkylation sites (N-methyl/N-ethyl adjacent to an activating group) is 1. The van der Waals surface area contributed by atoms with Crippen molar-refractivity contribution in [1.82, 2.24) is 15.5 Å². The van der Waals surface area contributed by atoms with Crippen molar-refractivity contribution in [3.63, 3.8) is 0 Å². The highest BCUT2D eigenvalue weighted by Crippen LogP contribution is 2.45. The van der Waals surface area contributed by atoms with Crippen LogP contribution in [0.15, 0.2) is 29.3 Å². The Morgan fingerprint density at radius 2 is 1.97 bits per heavy atom. The Morgan fingerprint density at radius 3 is 2.52 bits per heavy atom. The first kappa shape index (κ1) is 25.7. The molecule has 0 unspecified atom stereocenters. The van der Waals surface area contributed by atoms with Crippen LogP contribution in [0, 0.1) is 11.3 Å². The Bertz CT molecular complexity index is 671. The summed E-state index contributed by atoms with van der Waals surface area (Å²) in [4.78, 5) is 18.2. The van der Waals surface area contributed by atoms with E-state index < -0.39 is 0 Å². The number of anilines is 1. The molecule has 3 N–H and O–H groups in total. The van der Waals surface area contributed by atoms with Crippen LogP contribution < -0.4 is 16.0 Å². The molecule has 1 aliphatic carbocycles. The molecule has 1 saturated carbocycles. The van der Waals surface area contributed by atoms with Gasteiger partial charge in [-0.15, -0.1) is 24.0 Å². The van der Waals surface area contributed by atoms with Gasteiger partial charge >= 0.3 is 0 Å². The van der Waals surface area contributed by atoms with Gasteiger partial charge in [-0.1, -0.05) is 32.4 Å². The van der Waals surface area contributed by atoms with Crippen molar-refractivity contribution in [1.29, 1.82) is 0 Å². The maximum atomic E-state index is 11.9. The van der Waals surface area contributed by atoms with Gasteiger partial charge in [0.25, 0.3) is 0 Å². The molecule has 0 atom stereocenters. The number of rotatable bonds is 9. The Balaban J connectivity index is 0.00000420. The number of carbonyl (C=O) groups excluding carboxylic acids is 1. The Hall–Kier alpha value is -1.35. The fourth-order valence-corrected chi connectivity index (χ4v) is 3.92. The van der Waals surface area contributed by atoms with Crippen molar-refractivity contribution < 1.29 is 4.79 Å². The molecule has 164 valence electrons. The van der Waals surface area contributed by atoms with E-state index in [1.54, 1.807) is 0 Å². The Kier molecular flexibility index (Phi) is 11.0. The van der Waals surface area contributed by atoms with E-state index in [1.165, 1.54) is 25.7 Å². The van der Waals surface area contributed by atoms with Crippen LogP contribution in [0.3, 0.4) is 0 Å². The minimum Gasteiger partial charge on any atom is -0.356 e. The predicted octanol–water partition coefficient (Wildman–Crippen LogP) is 3.69. The van der Waals surface area contributed by atoms with Crippen LogP contribution in [-0.4, -0.2) is 51.0 Å². The normalized spacial score (nSPS) is 15.5. The van der Waals surface area contributed by atoms with Crippen LogP contribution in [-0.2, 0) is 11.3 Å². The van der Waals surface area contributed by atoms with Crippen molar-refractivity contribution in [2.45, 2.75) is 46.1 Å². The van der Waals surface area contributed by atoms with E-state index in [4.69, 9.17) is 0 Å². The second-order valence-corrected chi connectivity index (χ2v) is 8.72. The molecule has 1 fully saturated rings. The lowest BCUT2D eigenvalue weighted by atomic mass is 9.64. The number of amides is 1. The van der Waals surface area contributed by atoms with E-state index in [1.807, 2.05) is 50.3 Å². The summed E-state index contributed by atoms with van der Waals surface area (Å²) in [5.41, 5.74) is 2.35. The molecule has 1 aromatic carbocycles. The van der Waals surface area contributed by atoms with Gasteiger partial charge in [0.1, 0.15) is 0 Å². The third kappa shape index (κ3) is 8.90. The van der Waals surface area contributed by atoms with Crippen LogP contribution in [0.5, 0.6) is 0 Å². The molecule has 0 saturated heterocycles. The number of benzene rings is 1. The molecule has 29 heavy (non-hydrogen) atoms. The molecule has 0 aromatic heterocycles. The van der Waals surface area contributed by atoms with Crippen molar-refractivity contribution in [2.75, 3.05) is 39.5 Å². The maximum absolute atomic E-state index is 11.9. The Morgan fingerprint density at radius 1 is 1.24 bits per heavy atom. The summed E-state index contributed by atoms with van der Waals surface area (Å²) in [5, 5.41) is 9.85. The molecule has 0 heterocycles. The fourth-order valence-electron chi connectivity index (χ4n) is 3.92. The first-order valence-electron chi connectivity index (χ1n) is 10.3. The van der Waals surface area contributed by atoms with E-state index in [9.17, 15) is 4.79 Å². The highest BCUT2D eigenvalue weighted by Gasteiger charge is 2.37. The fraction of sp³-hybridized carbons (Fsp3) is 0.636. The molecule has 1 amide bonds. The molecule has 6 nitrogen and oxygen atoms in total. The highest BCUT2D eigenvalue weighted by atomic mass is 127. The molecule has 1 aliphatic rings. The van der Waals surface area contributed by atoms with Gasteiger partial charge in [0.2, 0.25) is 5.91 Å². The minimum absolute atomic E-state index is 0. The highest BCUT2D eigenvalue weighted by molar-refractivity contribution is 14.0. The van der Waals surface area contributed by atoms with E-state index in [-0.39, 0.29) is 29.9 Å². The van der Waals surface area contributed by atoms with Crippen LogP contribution in [0.25, 0.3) is 0 Å². The summed E-state index contributed by atoms with van der Waals surface area (Å²) >= 11 is 0. The van der Waals surface area contributed by atoms with E-state index in [0.29, 0.717) is 18.5 Å². The quantitative estimate of drug-likeness (QED) is 0.267. The number of aliphatic imine (C=N–C) groups is 1. The zero-order valence-electron chi connectivity index (χ0n) is 18.5. The minimum atomic E-state index is -0.0106. The molecule has 0 spiro atoms. The van der Waals surface area contributed by atoms with E-state index >= 15 is 0 Å². The van der Waals surface area contributed by atoms with Gasteiger partial charge in [-0.3, -0.25) is 9.79 Å². The van der Waals surface area contributed by atoms with Gasteiger partial charge in [-0.2, -0.15) is 0 Å². The van der Waals surface area contributed by atoms with Gasteiger partial charge in [-0.05, 0) is 62.4 Å². The molecule has 1 aromatic rings. The maximum Gasteiger partial charge on any atom is 0.238 e. The van der Waals surface area contributed by atoms with Gasteiger partial charge < -0.3 is 20.9 Å². The van der Waals surface area contributed by atoms with Crippen molar-refractivity contribution in [3.05, 3.63) is 29.8 Å². The summed E-state index contributed by atoms with van der Waals surface area (Å²) in [7, 11) is 5.57. The molecular formula is C22H38IN5O. The first-order chi connectivity index (χ1) is 13.3. The zero-order chi connectivity index (χ0) is 20.6. The van der Waals surface area contributed by atoms with Crippen LogP contribution >= 0.6 is 24.0 Å². The lowest BCUT2D eigenvalue weighted by molar-refractivity contribution is -0.116. The van der Waals surface area contributed by atoms with Gasteiger partial charge in [0, 0.05) is 25.8 Å². The third-order valence-corrected chi connectivity index (χ3v) is 5.24. The summed E-state index contributed by atoms with van der Waals surface area (Å²) in [6.45, 7) is 6.62. The predicted molar refractivity (Wildman–Crippen MR) is 133 cm³/mol. The van der Waals surface area contributed by atoms with Crippen molar-refractivity contribution in [3.8, 4) is 0 Å². The number of halogens is 1. The number of carbonyl (C=O) groups is 1. The van der Waals surface area contributed by atoms with Crippen LogP contribution in [0.1, 0.15) is 45.1 Å². The second-order valence-electron chi connectivity index (χ2n) is 8.72. The van der Waals surface area contributed by atoms with E-state index in [0.717, 1.165) is 29.7 Å². The SMILES string of the molecule is CN=C(NCc1cccc(NC(=O)CN(C)C)c1)NCC1(CC(C)C)CCC1.I. The topological polar surface area (TPSA) is 68.8 Å². The van der Waals surface area contributed by atoms with Gasteiger partial charge in [0.15, 0.2) is 5.96 Å². The molecule has 0 aliphatic heterocycles. The summed E-state index contributed by atoms with van der Waals surface area (Å²) in [6, 6.07) is 7.93. The summed E-state index contributed by atoms with van der Waals surface area (Å²) in [5.74, 6) is 1.54. The van der Waals surface area contributed by atoms with E-state index in [2.05, 4.69) is 34.8 Å².